The van der Waals surface area contributed by atoms with Gasteiger partial charge in [-0.15, -0.1) is 0 Å². The zero-order valence-corrected chi connectivity index (χ0v) is 14.0. The van der Waals surface area contributed by atoms with E-state index in [1.165, 1.54) is 4.90 Å². The molecule has 1 atom stereocenters. The Labute approximate surface area is 142 Å². The molecule has 2 rings (SSSR count). The van der Waals surface area contributed by atoms with Crippen LogP contribution in [0.4, 0.5) is 0 Å². The van der Waals surface area contributed by atoms with Crippen molar-refractivity contribution >= 4 is 17.8 Å². The van der Waals surface area contributed by atoms with Gasteiger partial charge < -0.3 is 14.9 Å². The number of carboxylic acid groups (broad SMARTS) is 1. The number of aliphatic carboxylic acids is 1. The Hall–Kier alpha value is -2.37. The Morgan fingerprint density at radius 3 is 2.62 bits per heavy atom. The fraction of sp³-hybridized carbons (Fsp3) is 0.500. The summed E-state index contributed by atoms with van der Waals surface area (Å²) in [6.45, 7) is 1.29. The van der Waals surface area contributed by atoms with Crippen molar-refractivity contribution in [2.75, 3.05) is 26.7 Å². The highest BCUT2D eigenvalue weighted by Crippen LogP contribution is 2.19. The second kappa shape index (κ2) is 8.47. The predicted molar refractivity (Wildman–Crippen MR) is 89.3 cm³/mol. The fourth-order valence-corrected chi connectivity index (χ4v) is 2.97. The molecule has 0 spiro atoms. The molecule has 24 heavy (non-hydrogen) atoms. The van der Waals surface area contributed by atoms with Crippen LogP contribution >= 0.6 is 0 Å². The van der Waals surface area contributed by atoms with Gasteiger partial charge >= 0.3 is 5.97 Å². The molecule has 1 fully saturated rings. The van der Waals surface area contributed by atoms with Crippen LogP contribution < -0.4 is 0 Å². The van der Waals surface area contributed by atoms with Crippen LogP contribution in [0.2, 0.25) is 0 Å². The van der Waals surface area contributed by atoms with Crippen LogP contribution in [0.1, 0.15) is 24.8 Å². The first-order chi connectivity index (χ1) is 11.5. The highest BCUT2D eigenvalue weighted by molar-refractivity contribution is 5.82. The number of hydrogen-bond acceptors (Lipinski definition) is 3. The summed E-state index contributed by atoms with van der Waals surface area (Å²) in [4.78, 5) is 38.7. The van der Waals surface area contributed by atoms with Crippen LogP contribution in [-0.4, -0.2) is 59.4 Å². The van der Waals surface area contributed by atoms with E-state index in [2.05, 4.69) is 0 Å². The fourth-order valence-electron chi connectivity index (χ4n) is 2.97. The molecule has 0 bridgehead atoms. The maximum absolute atomic E-state index is 12.4. The first-order valence-corrected chi connectivity index (χ1v) is 8.26. The van der Waals surface area contributed by atoms with Gasteiger partial charge in [-0.05, 0) is 18.4 Å². The highest BCUT2D eigenvalue weighted by Gasteiger charge is 2.30. The number of rotatable bonds is 6. The monoisotopic (exact) mass is 332 g/mol. The lowest BCUT2D eigenvalue weighted by Crippen LogP contribution is -2.46. The highest BCUT2D eigenvalue weighted by atomic mass is 16.4. The molecule has 6 nitrogen and oxygen atoms in total. The number of carboxylic acids is 1. The van der Waals surface area contributed by atoms with Gasteiger partial charge in [-0.3, -0.25) is 14.4 Å². The average Bonchev–Trinajstić information content (AvgIpc) is 2.60. The number of likely N-dealkylation sites (tertiary alicyclic amines) is 1. The molecule has 1 aromatic rings. The molecule has 1 aliphatic rings. The number of carbonyl (C=O) groups excluding carboxylic acids is 2. The van der Waals surface area contributed by atoms with E-state index in [0.29, 0.717) is 19.5 Å². The Morgan fingerprint density at radius 2 is 1.96 bits per heavy atom. The maximum atomic E-state index is 12.4. The number of hydrogen-bond donors (Lipinski definition) is 1. The van der Waals surface area contributed by atoms with E-state index in [9.17, 15) is 14.4 Å². The minimum absolute atomic E-state index is 0.0342. The standard InChI is InChI=1S/C18H24N2O4/c1-19(11-9-17(22)23)18(24)15-8-5-10-20(13-15)16(21)12-14-6-3-2-4-7-14/h2-4,6-7,15H,5,8-13H2,1H3,(H,22,23). The first-order valence-electron chi connectivity index (χ1n) is 8.26. The van der Waals surface area contributed by atoms with Crippen molar-refractivity contribution < 1.29 is 19.5 Å². The summed E-state index contributed by atoms with van der Waals surface area (Å²) in [6, 6.07) is 9.57. The number of amides is 2. The summed E-state index contributed by atoms with van der Waals surface area (Å²) in [7, 11) is 1.62. The Morgan fingerprint density at radius 1 is 1.25 bits per heavy atom. The van der Waals surface area contributed by atoms with Crippen molar-refractivity contribution in [1.29, 1.82) is 0 Å². The van der Waals surface area contributed by atoms with Crippen LogP contribution in [0.3, 0.4) is 0 Å². The van der Waals surface area contributed by atoms with Crippen molar-refractivity contribution in [3.8, 4) is 0 Å². The summed E-state index contributed by atoms with van der Waals surface area (Å²) in [6.07, 6.45) is 1.82. The molecule has 0 saturated carbocycles. The number of benzene rings is 1. The second-order valence-corrected chi connectivity index (χ2v) is 6.24. The van der Waals surface area contributed by atoms with Gasteiger partial charge in [-0.25, -0.2) is 0 Å². The normalized spacial score (nSPS) is 17.4. The molecule has 0 aliphatic carbocycles. The lowest BCUT2D eigenvalue weighted by Gasteiger charge is -2.34. The maximum Gasteiger partial charge on any atom is 0.305 e. The topological polar surface area (TPSA) is 77.9 Å². The van der Waals surface area contributed by atoms with E-state index < -0.39 is 5.97 Å². The van der Waals surface area contributed by atoms with E-state index in [1.807, 2.05) is 30.3 Å². The van der Waals surface area contributed by atoms with Crippen LogP contribution in [0, 0.1) is 5.92 Å². The Balaban J connectivity index is 1.89. The predicted octanol–water partition coefficient (Wildman–Crippen LogP) is 1.40. The molecule has 1 N–H and O–H groups in total. The van der Waals surface area contributed by atoms with Crippen LogP contribution in [0.25, 0.3) is 0 Å². The molecule has 6 heteroatoms. The van der Waals surface area contributed by atoms with Gasteiger partial charge in [0.1, 0.15) is 0 Å². The SMILES string of the molecule is CN(CCC(=O)O)C(=O)C1CCCN(C(=O)Cc2ccccc2)C1. The number of nitrogens with zero attached hydrogens (tertiary/aromatic N) is 2. The molecular formula is C18H24N2O4. The van der Waals surface area contributed by atoms with E-state index in [1.54, 1.807) is 11.9 Å². The molecule has 1 unspecified atom stereocenters. The second-order valence-electron chi connectivity index (χ2n) is 6.24. The van der Waals surface area contributed by atoms with E-state index in [0.717, 1.165) is 18.4 Å². The molecule has 1 heterocycles. The minimum atomic E-state index is -0.919. The third-order valence-electron chi connectivity index (χ3n) is 4.36. The quantitative estimate of drug-likeness (QED) is 0.854. The lowest BCUT2D eigenvalue weighted by molar-refractivity contribution is -0.141. The zero-order chi connectivity index (χ0) is 17.5. The smallest absolute Gasteiger partial charge is 0.305 e. The molecule has 130 valence electrons. The van der Waals surface area contributed by atoms with E-state index in [-0.39, 0.29) is 30.7 Å². The summed E-state index contributed by atoms with van der Waals surface area (Å²) in [5.41, 5.74) is 0.967. The molecule has 0 radical (unpaired) electrons. The van der Waals surface area contributed by atoms with Crippen molar-refractivity contribution in [2.45, 2.75) is 25.7 Å². The zero-order valence-electron chi connectivity index (χ0n) is 14.0. The molecule has 1 aromatic carbocycles. The molecule has 0 aromatic heterocycles. The first kappa shape index (κ1) is 18.0. The van der Waals surface area contributed by atoms with Crippen molar-refractivity contribution in [3.63, 3.8) is 0 Å². The Bertz CT molecular complexity index is 588. The lowest BCUT2D eigenvalue weighted by atomic mass is 9.96. The van der Waals surface area contributed by atoms with Gasteiger partial charge in [-0.2, -0.15) is 0 Å². The third kappa shape index (κ3) is 5.08. The van der Waals surface area contributed by atoms with Crippen molar-refractivity contribution in [1.82, 2.24) is 9.80 Å². The summed E-state index contributed by atoms with van der Waals surface area (Å²) in [5.74, 6) is -1.20. The average molecular weight is 332 g/mol. The van der Waals surface area contributed by atoms with Crippen LogP contribution in [0.15, 0.2) is 30.3 Å². The number of piperidine rings is 1. The van der Waals surface area contributed by atoms with Crippen LogP contribution in [-0.2, 0) is 20.8 Å². The molecular weight excluding hydrogens is 308 g/mol. The molecule has 1 saturated heterocycles. The van der Waals surface area contributed by atoms with Gasteiger partial charge in [0.2, 0.25) is 11.8 Å². The van der Waals surface area contributed by atoms with Gasteiger partial charge in [0.25, 0.3) is 0 Å². The number of carbonyl (C=O) groups is 3. The van der Waals surface area contributed by atoms with Crippen molar-refractivity contribution in [3.05, 3.63) is 35.9 Å². The summed E-state index contributed by atoms with van der Waals surface area (Å²) >= 11 is 0. The van der Waals surface area contributed by atoms with Gasteiger partial charge in [0.05, 0.1) is 18.8 Å². The summed E-state index contributed by atoms with van der Waals surface area (Å²) in [5, 5.41) is 8.72. The van der Waals surface area contributed by atoms with Gasteiger partial charge in [0.15, 0.2) is 0 Å². The minimum Gasteiger partial charge on any atom is -0.481 e. The van der Waals surface area contributed by atoms with Crippen molar-refractivity contribution in [2.24, 2.45) is 5.92 Å². The molecule has 2 amide bonds. The van der Waals surface area contributed by atoms with E-state index >= 15 is 0 Å². The Kier molecular flexibility index (Phi) is 6.35. The summed E-state index contributed by atoms with van der Waals surface area (Å²) < 4.78 is 0. The molecule has 1 aliphatic heterocycles. The van der Waals surface area contributed by atoms with Gasteiger partial charge in [-0.1, -0.05) is 30.3 Å². The van der Waals surface area contributed by atoms with Crippen LogP contribution in [0.5, 0.6) is 0 Å². The third-order valence-corrected chi connectivity index (χ3v) is 4.36. The van der Waals surface area contributed by atoms with Gasteiger partial charge in [0, 0.05) is 26.7 Å². The largest absolute Gasteiger partial charge is 0.481 e. The van der Waals surface area contributed by atoms with E-state index in [4.69, 9.17) is 5.11 Å².